The normalized spacial score (nSPS) is 10.1. The highest BCUT2D eigenvalue weighted by atomic mass is 35.5. The number of nitro groups is 1. The third-order valence-electron chi connectivity index (χ3n) is 2.29. The van der Waals surface area contributed by atoms with Crippen molar-refractivity contribution in [2.45, 2.75) is 0 Å². The van der Waals surface area contributed by atoms with Crippen LogP contribution < -0.4 is 0 Å². The molecule has 0 spiro atoms. The van der Waals surface area contributed by atoms with Gasteiger partial charge in [0.25, 0.3) is 5.69 Å². The first-order valence-corrected chi connectivity index (χ1v) is 5.38. The fraction of sp³-hybridized carbons (Fsp3) is 0. The number of halogens is 1. The number of hydrogen-bond donors (Lipinski definition) is 0. The van der Waals surface area contributed by atoms with Gasteiger partial charge in [0.15, 0.2) is 5.69 Å². The van der Waals surface area contributed by atoms with Gasteiger partial charge in [-0.1, -0.05) is 41.9 Å². The van der Waals surface area contributed by atoms with Crippen molar-refractivity contribution in [1.82, 2.24) is 4.98 Å². The van der Waals surface area contributed by atoms with Crippen LogP contribution in [0.2, 0.25) is 5.15 Å². The summed E-state index contributed by atoms with van der Waals surface area (Å²) in [5.41, 5.74) is -0.276. The maximum atomic E-state index is 12.1. The van der Waals surface area contributed by atoms with Crippen molar-refractivity contribution in [2.75, 3.05) is 0 Å². The Morgan fingerprint density at radius 3 is 2.44 bits per heavy atom. The second-order valence-electron chi connectivity index (χ2n) is 3.45. The summed E-state index contributed by atoms with van der Waals surface area (Å²) in [7, 11) is 0. The molecule has 1 heterocycles. The van der Waals surface area contributed by atoms with Gasteiger partial charge in [-0.25, -0.2) is 4.98 Å². The minimum absolute atomic E-state index is 0.0416. The molecular formula is C12H7ClN2O3. The number of carbonyl (C=O) groups excluding carboxylic acids is 1. The monoisotopic (exact) mass is 262 g/mol. The zero-order valence-corrected chi connectivity index (χ0v) is 9.79. The molecule has 18 heavy (non-hydrogen) atoms. The van der Waals surface area contributed by atoms with Gasteiger partial charge in [-0.3, -0.25) is 14.9 Å². The molecule has 2 aromatic rings. The molecule has 0 atom stereocenters. The van der Waals surface area contributed by atoms with Gasteiger partial charge in [0.05, 0.1) is 4.92 Å². The summed E-state index contributed by atoms with van der Waals surface area (Å²) in [6, 6.07) is 10.7. The standard InChI is InChI=1S/C12H7ClN2O3/c13-10-7-6-9(15(17)18)11(14-10)12(16)8-4-2-1-3-5-8/h1-7H. The fourth-order valence-electron chi connectivity index (χ4n) is 1.47. The van der Waals surface area contributed by atoms with Crippen LogP contribution >= 0.6 is 11.6 Å². The van der Waals surface area contributed by atoms with Crippen LogP contribution in [0.1, 0.15) is 16.1 Å². The van der Waals surface area contributed by atoms with Crippen LogP contribution in [0.5, 0.6) is 0 Å². The zero-order chi connectivity index (χ0) is 13.1. The number of aromatic nitrogens is 1. The summed E-state index contributed by atoms with van der Waals surface area (Å²) < 4.78 is 0. The summed E-state index contributed by atoms with van der Waals surface area (Å²) in [5.74, 6) is -0.523. The first-order valence-electron chi connectivity index (χ1n) is 5.00. The van der Waals surface area contributed by atoms with Gasteiger partial charge in [0.2, 0.25) is 5.78 Å². The summed E-state index contributed by atoms with van der Waals surface area (Å²) >= 11 is 5.67. The molecule has 0 aliphatic rings. The predicted octanol–water partition coefficient (Wildman–Crippen LogP) is 2.87. The van der Waals surface area contributed by atoms with E-state index in [1.165, 1.54) is 12.1 Å². The highest BCUT2D eigenvalue weighted by Crippen LogP contribution is 2.21. The second-order valence-corrected chi connectivity index (χ2v) is 3.84. The number of ketones is 1. The fourth-order valence-corrected chi connectivity index (χ4v) is 1.62. The average Bonchev–Trinajstić information content (AvgIpc) is 2.38. The second kappa shape index (κ2) is 4.93. The number of hydrogen-bond acceptors (Lipinski definition) is 4. The van der Waals surface area contributed by atoms with Gasteiger partial charge in [-0.05, 0) is 6.07 Å². The minimum Gasteiger partial charge on any atom is -0.287 e. The van der Waals surface area contributed by atoms with E-state index in [0.29, 0.717) is 5.56 Å². The third kappa shape index (κ3) is 2.36. The maximum Gasteiger partial charge on any atom is 0.299 e. The van der Waals surface area contributed by atoms with E-state index in [9.17, 15) is 14.9 Å². The summed E-state index contributed by atoms with van der Waals surface area (Å²) in [6.07, 6.45) is 0. The number of benzene rings is 1. The van der Waals surface area contributed by atoms with Crippen molar-refractivity contribution in [3.05, 3.63) is 69.0 Å². The molecule has 0 unspecified atom stereocenters. The summed E-state index contributed by atoms with van der Waals surface area (Å²) in [6.45, 7) is 0. The van der Waals surface area contributed by atoms with E-state index in [0.717, 1.165) is 0 Å². The Hall–Kier alpha value is -2.27. The van der Waals surface area contributed by atoms with Gasteiger partial charge in [-0.15, -0.1) is 0 Å². The zero-order valence-electron chi connectivity index (χ0n) is 9.04. The van der Waals surface area contributed by atoms with Crippen LogP contribution in [0.4, 0.5) is 5.69 Å². The van der Waals surface area contributed by atoms with Crippen molar-refractivity contribution in [2.24, 2.45) is 0 Å². The van der Waals surface area contributed by atoms with E-state index in [1.54, 1.807) is 30.3 Å². The quantitative estimate of drug-likeness (QED) is 0.369. The molecule has 5 nitrogen and oxygen atoms in total. The molecule has 0 saturated carbocycles. The molecule has 0 aliphatic carbocycles. The Balaban J connectivity index is 2.54. The highest BCUT2D eigenvalue weighted by molar-refractivity contribution is 6.29. The molecule has 0 radical (unpaired) electrons. The Morgan fingerprint density at radius 1 is 1.17 bits per heavy atom. The molecule has 0 amide bonds. The van der Waals surface area contributed by atoms with E-state index in [4.69, 9.17) is 11.6 Å². The lowest BCUT2D eigenvalue weighted by atomic mass is 10.1. The first kappa shape index (κ1) is 12.2. The van der Waals surface area contributed by atoms with Crippen molar-refractivity contribution in [1.29, 1.82) is 0 Å². The highest BCUT2D eigenvalue weighted by Gasteiger charge is 2.23. The molecule has 0 bridgehead atoms. The molecule has 1 aromatic carbocycles. The van der Waals surface area contributed by atoms with Crippen molar-refractivity contribution in [3.63, 3.8) is 0 Å². The number of pyridine rings is 1. The van der Waals surface area contributed by atoms with E-state index < -0.39 is 10.7 Å². The number of nitrogens with zero attached hydrogens (tertiary/aromatic N) is 2. The van der Waals surface area contributed by atoms with E-state index in [-0.39, 0.29) is 16.5 Å². The number of rotatable bonds is 3. The Bertz CT molecular complexity index is 614. The Morgan fingerprint density at radius 2 is 1.83 bits per heavy atom. The van der Waals surface area contributed by atoms with Crippen LogP contribution in [-0.2, 0) is 0 Å². The molecule has 2 rings (SSSR count). The van der Waals surface area contributed by atoms with Gasteiger partial charge in [0.1, 0.15) is 5.15 Å². The smallest absolute Gasteiger partial charge is 0.287 e. The maximum absolute atomic E-state index is 12.1. The number of carbonyl (C=O) groups is 1. The largest absolute Gasteiger partial charge is 0.299 e. The van der Waals surface area contributed by atoms with Crippen LogP contribution in [0.15, 0.2) is 42.5 Å². The van der Waals surface area contributed by atoms with Crippen molar-refractivity contribution >= 4 is 23.1 Å². The Kier molecular flexibility index (Phi) is 3.34. The van der Waals surface area contributed by atoms with Crippen LogP contribution in [0.25, 0.3) is 0 Å². The van der Waals surface area contributed by atoms with E-state index in [2.05, 4.69) is 4.98 Å². The topological polar surface area (TPSA) is 73.1 Å². The SMILES string of the molecule is O=C(c1ccccc1)c1nc(Cl)ccc1[N+](=O)[O-]. The molecule has 90 valence electrons. The van der Waals surface area contributed by atoms with Crippen LogP contribution in [0.3, 0.4) is 0 Å². The van der Waals surface area contributed by atoms with Gasteiger partial charge in [-0.2, -0.15) is 0 Å². The molecule has 0 saturated heterocycles. The predicted molar refractivity (Wildman–Crippen MR) is 65.8 cm³/mol. The average molecular weight is 263 g/mol. The van der Waals surface area contributed by atoms with Crippen molar-refractivity contribution < 1.29 is 9.72 Å². The van der Waals surface area contributed by atoms with Crippen LogP contribution in [-0.4, -0.2) is 15.7 Å². The lowest BCUT2D eigenvalue weighted by Crippen LogP contribution is -2.08. The van der Waals surface area contributed by atoms with E-state index >= 15 is 0 Å². The first-order chi connectivity index (χ1) is 8.59. The van der Waals surface area contributed by atoms with Gasteiger partial charge < -0.3 is 0 Å². The minimum atomic E-state index is -0.653. The molecule has 6 heteroatoms. The summed E-state index contributed by atoms with van der Waals surface area (Å²) in [4.78, 5) is 26.0. The molecule has 0 aliphatic heterocycles. The van der Waals surface area contributed by atoms with Crippen molar-refractivity contribution in [3.8, 4) is 0 Å². The third-order valence-corrected chi connectivity index (χ3v) is 2.50. The molecule has 1 aromatic heterocycles. The van der Waals surface area contributed by atoms with Crippen LogP contribution in [0, 0.1) is 10.1 Å². The molecule has 0 N–H and O–H groups in total. The lowest BCUT2D eigenvalue weighted by Gasteiger charge is -2.02. The molecule has 0 fully saturated rings. The Labute approximate surface area is 107 Å². The molecular weight excluding hydrogens is 256 g/mol. The summed E-state index contributed by atoms with van der Waals surface area (Å²) in [5, 5.41) is 10.9. The van der Waals surface area contributed by atoms with Gasteiger partial charge in [0, 0.05) is 11.6 Å². The van der Waals surface area contributed by atoms with E-state index in [1.807, 2.05) is 0 Å². The van der Waals surface area contributed by atoms with Gasteiger partial charge >= 0.3 is 0 Å². The lowest BCUT2D eigenvalue weighted by molar-refractivity contribution is -0.385.